The minimum absolute atomic E-state index is 0.345. The van der Waals surface area contributed by atoms with Crippen molar-refractivity contribution in [3.63, 3.8) is 0 Å². The van der Waals surface area contributed by atoms with Crippen LogP contribution in [0.15, 0.2) is 22.7 Å². The Bertz CT molecular complexity index is 460. The van der Waals surface area contributed by atoms with Gasteiger partial charge in [-0.3, -0.25) is 0 Å². The zero-order valence-electron chi connectivity index (χ0n) is 12.4. The topological polar surface area (TPSA) is 30.5 Å². The van der Waals surface area contributed by atoms with Crippen LogP contribution in [0.1, 0.15) is 42.9 Å². The molecule has 3 rings (SSSR count). The molecule has 2 atom stereocenters. The molecule has 0 amide bonds. The van der Waals surface area contributed by atoms with E-state index in [1.807, 2.05) is 0 Å². The second-order valence-electron chi connectivity index (χ2n) is 5.95. The summed E-state index contributed by atoms with van der Waals surface area (Å²) in [5.41, 5.74) is 2.95. The lowest BCUT2D eigenvalue weighted by Crippen LogP contribution is -2.22. The highest BCUT2D eigenvalue weighted by molar-refractivity contribution is 9.10. The van der Waals surface area contributed by atoms with Crippen LogP contribution in [-0.2, 0) is 15.9 Å². The first-order valence-electron chi connectivity index (χ1n) is 8.04. The Morgan fingerprint density at radius 1 is 1.33 bits per heavy atom. The van der Waals surface area contributed by atoms with Gasteiger partial charge < -0.3 is 14.8 Å². The zero-order valence-corrected chi connectivity index (χ0v) is 14.0. The van der Waals surface area contributed by atoms with Crippen molar-refractivity contribution in [1.29, 1.82) is 0 Å². The molecule has 3 nitrogen and oxygen atoms in total. The van der Waals surface area contributed by atoms with Gasteiger partial charge in [-0.2, -0.15) is 0 Å². The molecule has 1 heterocycles. The lowest BCUT2D eigenvalue weighted by Gasteiger charge is -2.15. The first kappa shape index (κ1) is 15.5. The molecule has 0 bridgehead atoms. The van der Waals surface area contributed by atoms with Gasteiger partial charge in [-0.05, 0) is 61.9 Å². The zero-order chi connectivity index (χ0) is 14.5. The van der Waals surface area contributed by atoms with E-state index in [0.29, 0.717) is 12.1 Å². The Kier molecular flexibility index (Phi) is 5.69. The van der Waals surface area contributed by atoms with Crippen LogP contribution in [0.5, 0.6) is 0 Å². The third kappa shape index (κ3) is 4.28. The summed E-state index contributed by atoms with van der Waals surface area (Å²) in [6, 6.07) is 7.16. The summed E-state index contributed by atoms with van der Waals surface area (Å²) in [6.45, 7) is 3.52. The third-order valence-electron chi connectivity index (χ3n) is 4.37. The molecule has 2 aliphatic rings. The van der Waals surface area contributed by atoms with E-state index in [9.17, 15) is 0 Å². The maximum Gasteiger partial charge on any atom is 0.0809 e. The Labute approximate surface area is 135 Å². The average Bonchev–Trinajstić information content (AvgIpc) is 3.12. The van der Waals surface area contributed by atoms with Crippen molar-refractivity contribution >= 4 is 15.9 Å². The predicted octanol–water partition coefficient (Wildman–Crippen LogP) is 3.61. The van der Waals surface area contributed by atoms with E-state index in [-0.39, 0.29) is 0 Å². The molecule has 21 heavy (non-hydrogen) atoms. The van der Waals surface area contributed by atoms with Gasteiger partial charge >= 0.3 is 0 Å². The van der Waals surface area contributed by atoms with Crippen molar-refractivity contribution in [3.05, 3.63) is 33.8 Å². The third-order valence-corrected chi connectivity index (χ3v) is 4.86. The smallest absolute Gasteiger partial charge is 0.0809 e. The van der Waals surface area contributed by atoms with Crippen molar-refractivity contribution in [2.45, 2.75) is 44.2 Å². The molecule has 1 aromatic carbocycles. The molecule has 1 aliphatic carbocycles. The summed E-state index contributed by atoms with van der Waals surface area (Å²) in [5.74, 6) is 0. The number of benzene rings is 1. The molecule has 0 saturated carbocycles. The van der Waals surface area contributed by atoms with E-state index >= 15 is 0 Å². The van der Waals surface area contributed by atoms with E-state index in [1.54, 1.807) is 0 Å². The number of hydrogen-bond donors (Lipinski definition) is 1. The Balaban J connectivity index is 1.32. The van der Waals surface area contributed by atoms with Crippen LogP contribution in [0, 0.1) is 0 Å². The van der Waals surface area contributed by atoms with Crippen LogP contribution >= 0.6 is 15.9 Å². The highest BCUT2D eigenvalue weighted by Crippen LogP contribution is 2.32. The quantitative estimate of drug-likeness (QED) is 0.759. The summed E-state index contributed by atoms with van der Waals surface area (Å²) in [4.78, 5) is 0. The summed E-state index contributed by atoms with van der Waals surface area (Å²) < 4.78 is 12.4. The second kappa shape index (κ2) is 7.73. The number of rotatable bonds is 7. The van der Waals surface area contributed by atoms with Crippen molar-refractivity contribution in [2.75, 3.05) is 26.4 Å². The van der Waals surface area contributed by atoms with E-state index in [0.717, 1.165) is 39.2 Å². The molecular weight excluding hydrogens is 330 g/mol. The molecule has 1 fully saturated rings. The van der Waals surface area contributed by atoms with E-state index in [4.69, 9.17) is 9.47 Å². The molecule has 1 aromatic rings. The lowest BCUT2D eigenvalue weighted by atomic mass is 10.1. The molecule has 116 valence electrons. The predicted molar refractivity (Wildman–Crippen MR) is 87.6 cm³/mol. The van der Waals surface area contributed by atoms with Gasteiger partial charge in [0, 0.05) is 23.7 Å². The number of fused-ring (bicyclic) bond motifs is 1. The summed E-state index contributed by atoms with van der Waals surface area (Å²) in [6.07, 6.45) is 6.15. The van der Waals surface area contributed by atoms with Crippen molar-refractivity contribution in [2.24, 2.45) is 0 Å². The van der Waals surface area contributed by atoms with Crippen LogP contribution in [0.3, 0.4) is 0 Å². The van der Waals surface area contributed by atoms with Gasteiger partial charge in [0.05, 0.1) is 12.7 Å². The van der Waals surface area contributed by atoms with Gasteiger partial charge in [-0.15, -0.1) is 0 Å². The van der Waals surface area contributed by atoms with Gasteiger partial charge in [-0.1, -0.05) is 22.0 Å². The van der Waals surface area contributed by atoms with Crippen LogP contribution in [0.2, 0.25) is 0 Å². The SMILES string of the molecule is Brc1ccc2c(c1)CCC2NCCCOCC1CCCO1. The van der Waals surface area contributed by atoms with Crippen molar-refractivity contribution < 1.29 is 9.47 Å². The fourth-order valence-electron chi connectivity index (χ4n) is 3.24. The fraction of sp³-hybridized carbons (Fsp3) is 0.647. The fourth-order valence-corrected chi connectivity index (χ4v) is 3.65. The lowest BCUT2D eigenvalue weighted by molar-refractivity contribution is 0.0165. The van der Waals surface area contributed by atoms with E-state index < -0.39 is 0 Å². The molecule has 1 saturated heterocycles. The van der Waals surface area contributed by atoms with Crippen molar-refractivity contribution in [3.8, 4) is 0 Å². The van der Waals surface area contributed by atoms with Crippen molar-refractivity contribution in [1.82, 2.24) is 5.32 Å². The number of halogens is 1. The Morgan fingerprint density at radius 3 is 3.14 bits per heavy atom. The molecule has 1 aliphatic heterocycles. The molecule has 1 N–H and O–H groups in total. The standard InChI is InChI=1S/C17H24BrNO2/c18-14-5-6-16-13(11-14)4-7-17(16)19-8-2-9-20-12-15-3-1-10-21-15/h5-6,11,15,17,19H,1-4,7-10,12H2. The van der Waals surface area contributed by atoms with Crippen LogP contribution < -0.4 is 5.32 Å². The largest absolute Gasteiger partial charge is 0.379 e. The molecule has 0 aromatic heterocycles. The van der Waals surface area contributed by atoms with Crippen LogP contribution in [-0.4, -0.2) is 32.5 Å². The minimum atomic E-state index is 0.345. The maximum absolute atomic E-state index is 5.70. The summed E-state index contributed by atoms with van der Waals surface area (Å²) >= 11 is 3.55. The minimum Gasteiger partial charge on any atom is -0.379 e. The van der Waals surface area contributed by atoms with Gasteiger partial charge in [0.25, 0.3) is 0 Å². The Morgan fingerprint density at radius 2 is 2.29 bits per heavy atom. The number of ether oxygens (including phenoxy) is 2. The number of hydrogen-bond acceptors (Lipinski definition) is 3. The highest BCUT2D eigenvalue weighted by Gasteiger charge is 2.21. The van der Waals surface area contributed by atoms with Crippen LogP contribution in [0.25, 0.3) is 0 Å². The summed E-state index contributed by atoms with van der Waals surface area (Å²) in [5, 5.41) is 3.66. The van der Waals surface area contributed by atoms with Gasteiger partial charge in [0.1, 0.15) is 0 Å². The molecule has 0 radical (unpaired) electrons. The molecule has 0 spiro atoms. The monoisotopic (exact) mass is 353 g/mol. The number of aryl methyl sites for hydroxylation is 1. The van der Waals surface area contributed by atoms with E-state index in [2.05, 4.69) is 39.4 Å². The van der Waals surface area contributed by atoms with Crippen LogP contribution in [0.4, 0.5) is 0 Å². The first-order chi connectivity index (χ1) is 10.3. The van der Waals surface area contributed by atoms with Gasteiger partial charge in [0.2, 0.25) is 0 Å². The Hall–Kier alpha value is -0.420. The number of nitrogens with one attached hydrogen (secondary N) is 1. The van der Waals surface area contributed by atoms with E-state index in [1.165, 1.54) is 34.9 Å². The highest BCUT2D eigenvalue weighted by atomic mass is 79.9. The molecular formula is C17H24BrNO2. The van der Waals surface area contributed by atoms with Gasteiger partial charge in [0.15, 0.2) is 0 Å². The first-order valence-corrected chi connectivity index (χ1v) is 8.83. The molecule has 4 heteroatoms. The second-order valence-corrected chi connectivity index (χ2v) is 6.87. The van der Waals surface area contributed by atoms with Gasteiger partial charge in [-0.25, -0.2) is 0 Å². The normalized spacial score (nSPS) is 24.4. The average molecular weight is 354 g/mol. The maximum atomic E-state index is 5.70. The summed E-state index contributed by atoms with van der Waals surface area (Å²) in [7, 11) is 0. The molecule has 2 unspecified atom stereocenters.